The van der Waals surface area contributed by atoms with Crippen LogP contribution in [0.1, 0.15) is 22.5 Å². The SMILES string of the molecule is CN(C)[C@@H]1CCN(C(=O)c2cnccn2)[C@H]1Cc1cccnc1. The molecule has 1 amide bonds. The summed E-state index contributed by atoms with van der Waals surface area (Å²) < 4.78 is 0. The van der Waals surface area contributed by atoms with Crippen LogP contribution in [0, 0.1) is 0 Å². The Bertz CT molecular complexity index is 647. The second-order valence-electron chi connectivity index (χ2n) is 6.04. The molecule has 0 N–H and O–H groups in total. The molecule has 0 aromatic carbocycles. The first-order valence-corrected chi connectivity index (χ1v) is 7.79. The number of amides is 1. The molecule has 120 valence electrons. The minimum Gasteiger partial charge on any atom is -0.332 e. The summed E-state index contributed by atoms with van der Waals surface area (Å²) in [4.78, 5) is 29.3. The van der Waals surface area contributed by atoms with Gasteiger partial charge in [0.05, 0.1) is 12.2 Å². The number of likely N-dealkylation sites (N-methyl/N-ethyl adjacent to an activating group) is 1. The monoisotopic (exact) mass is 311 g/mol. The number of carbonyl (C=O) groups excluding carboxylic acids is 1. The Morgan fingerprint density at radius 3 is 2.74 bits per heavy atom. The van der Waals surface area contributed by atoms with Crippen LogP contribution in [-0.2, 0) is 6.42 Å². The van der Waals surface area contributed by atoms with E-state index in [1.54, 1.807) is 18.6 Å². The van der Waals surface area contributed by atoms with Crippen LogP contribution in [0.3, 0.4) is 0 Å². The first-order valence-electron chi connectivity index (χ1n) is 7.79. The zero-order valence-corrected chi connectivity index (χ0v) is 13.5. The van der Waals surface area contributed by atoms with E-state index >= 15 is 0 Å². The van der Waals surface area contributed by atoms with Crippen LogP contribution in [0.2, 0.25) is 0 Å². The fourth-order valence-corrected chi connectivity index (χ4v) is 3.26. The summed E-state index contributed by atoms with van der Waals surface area (Å²) in [6.07, 6.45) is 10.1. The lowest BCUT2D eigenvalue weighted by Gasteiger charge is -2.31. The molecule has 0 spiro atoms. The molecule has 0 radical (unpaired) electrons. The zero-order valence-electron chi connectivity index (χ0n) is 13.5. The number of aromatic nitrogens is 3. The van der Waals surface area contributed by atoms with Crippen molar-refractivity contribution >= 4 is 5.91 Å². The van der Waals surface area contributed by atoms with Gasteiger partial charge in [0.2, 0.25) is 0 Å². The number of hydrogen-bond donors (Lipinski definition) is 0. The fourth-order valence-electron chi connectivity index (χ4n) is 3.26. The van der Waals surface area contributed by atoms with Crippen LogP contribution < -0.4 is 0 Å². The number of hydrogen-bond acceptors (Lipinski definition) is 5. The molecule has 3 rings (SSSR count). The Balaban J connectivity index is 1.85. The van der Waals surface area contributed by atoms with E-state index in [1.807, 2.05) is 17.2 Å². The van der Waals surface area contributed by atoms with Crippen molar-refractivity contribution in [3.05, 3.63) is 54.4 Å². The van der Waals surface area contributed by atoms with Crippen LogP contribution in [0.5, 0.6) is 0 Å². The molecule has 1 fully saturated rings. The van der Waals surface area contributed by atoms with Gasteiger partial charge in [0.25, 0.3) is 5.91 Å². The van der Waals surface area contributed by atoms with Crippen LogP contribution in [-0.4, -0.2) is 63.4 Å². The van der Waals surface area contributed by atoms with Gasteiger partial charge < -0.3 is 9.80 Å². The molecule has 2 aromatic heterocycles. The summed E-state index contributed by atoms with van der Waals surface area (Å²) in [5.41, 5.74) is 1.55. The molecule has 0 unspecified atom stereocenters. The third-order valence-corrected chi connectivity index (χ3v) is 4.38. The summed E-state index contributed by atoms with van der Waals surface area (Å²) in [6, 6.07) is 4.44. The van der Waals surface area contributed by atoms with Gasteiger partial charge in [-0.3, -0.25) is 14.8 Å². The van der Waals surface area contributed by atoms with Crippen molar-refractivity contribution in [2.45, 2.75) is 24.9 Å². The Morgan fingerprint density at radius 1 is 1.26 bits per heavy atom. The van der Waals surface area contributed by atoms with E-state index in [9.17, 15) is 4.79 Å². The number of rotatable bonds is 4. The Morgan fingerprint density at radius 2 is 2.09 bits per heavy atom. The molecule has 23 heavy (non-hydrogen) atoms. The van der Waals surface area contributed by atoms with E-state index in [-0.39, 0.29) is 11.9 Å². The second-order valence-corrected chi connectivity index (χ2v) is 6.04. The number of carbonyl (C=O) groups is 1. The maximum absolute atomic E-state index is 12.8. The zero-order chi connectivity index (χ0) is 16.2. The highest BCUT2D eigenvalue weighted by atomic mass is 16.2. The summed E-state index contributed by atoms with van der Waals surface area (Å²) in [6.45, 7) is 0.739. The average molecular weight is 311 g/mol. The van der Waals surface area contributed by atoms with Gasteiger partial charge in [0.1, 0.15) is 5.69 Å². The van der Waals surface area contributed by atoms with E-state index in [0.29, 0.717) is 11.7 Å². The van der Waals surface area contributed by atoms with Gasteiger partial charge >= 0.3 is 0 Å². The van der Waals surface area contributed by atoms with Crippen molar-refractivity contribution in [1.82, 2.24) is 24.8 Å². The summed E-state index contributed by atoms with van der Waals surface area (Å²) in [7, 11) is 4.13. The highest BCUT2D eigenvalue weighted by Gasteiger charge is 2.38. The van der Waals surface area contributed by atoms with Crippen LogP contribution in [0.15, 0.2) is 43.1 Å². The maximum Gasteiger partial charge on any atom is 0.274 e. The van der Waals surface area contributed by atoms with E-state index in [1.165, 1.54) is 6.20 Å². The Labute approximate surface area is 136 Å². The summed E-state index contributed by atoms with van der Waals surface area (Å²) in [5.74, 6) is -0.0451. The predicted octanol–water partition coefficient (Wildman–Crippen LogP) is 1.26. The highest BCUT2D eigenvalue weighted by molar-refractivity contribution is 5.92. The Kier molecular flexibility index (Phi) is 4.62. The van der Waals surface area contributed by atoms with Crippen molar-refractivity contribution in [1.29, 1.82) is 0 Å². The number of likely N-dealkylation sites (tertiary alicyclic amines) is 1. The fraction of sp³-hybridized carbons (Fsp3) is 0.412. The van der Waals surface area contributed by atoms with E-state index in [4.69, 9.17) is 0 Å². The molecule has 6 heteroatoms. The molecule has 3 heterocycles. The van der Waals surface area contributed by atoms with Gasteiger partial charge in [-0.25, -0.2) is 4.98 Å². The highest BCUT2D eigenvalue weighted by Crippen LogP contribution is 2.26. The second kappa shape index (κ2) is 6.83. The lowest BCUT2D eigenvalue weighted by molar-refractivity contribution is 0.0698. The quantitative estimate of drug-likeness (QED) is 0.850. The van der Waals surface area contributed by atoms with E-state index < -0.39 is 0 Å². The minimum absolute atomic E-state index is 0.0451. The van der Waals surface area contributed by atoms with Gasteiger partial charge in [0, 0.05) is 37.4 Å². The van der Waals surface area contributed by atoms with Gasteiger partial charge in [0.15, 0.2) is 0 Å². The number of nitrogens with zero attached hydrogens (tertiary/aromatic N) is 5. The van der Waals surface area contributed by atoms with Gasteiger partial charge in [-0.05, 0) is 38.6 Å². The molecule has 2 aromatic rings. The first kappa shape index (κ1) is 15.6. The molecule has 1 aliphatic rings. The average Bonchev–Trinajstić information content (AvgIpc) is 2.99. The van der Waals surface area contributed by atoms with Gasteiger partial charge in [-0.2, -0.15) is 0 Å². The standard InChI is InChI=1S/C17H21N5O/c1-21(2)15-5-9-22(17(23)14-12-19-7-8-20-14)16(15)10-13-4-3-6-18-11-13/h3-4,6-8,11-12,15-16H,5,9-10H2,1-2H3/t15-,16+/m1/s1. The molecule has 0 saturated carbocycles. The Hall–Kier alpha value is -2.34. The summed E-state index contributed by atoms with van der Waals surface area (Å²) in [5, 5.41) is 0. The molecule has 0 aliphatic carbocycles. The van der Waals surface area contributed by atoms with Crippen molar-refractivity contribution in [3.63, 3.8) is 0 Å². The largest absolute Gasteiger partial charge is 0.332 e. The van der Waals surface area contributed by atoms with Crippen LogP contribution in [0.4, 0.5) is 0 Å². The first-order chi connectivity index (χ1) is 11.2. The van der Waals surface area contributed by atoms with Crippen molar-refractivity contribution < 1.29 is 4.79 Å². The molecule has 6 nitrogen and oxygen atoms in total. The van der Waals surface area contributed by atoms with E-state index in [2.05, 4.69) is 40.0 Å². The third kappa shape index (κ3) is 3.37. The smallest absolute Gasteiger partial charge is 0.274 e. The molecular formula is C17H21N5O. The lowest BCUT2D eigenvalue weighted by Crippen LogP contribution is -2.46. The molecule has 1 saturated heterocycles. The third-order valence-electron chi connectivity index (χ3n) is 4.38. The van der Waals surface area contributed by atoms with Crippen LogP contribution in [0.25, 0.3) is 0 Å². The van der Waals surface area contributed by atoms with Gasteiger partial charge in [-0.1, -0.05) is 6.07 Å². The van der Waals surface area contributed by atoms with E-state index in [0.717, 1.165) is 24.9 Å². The molecule has 0 bridgehead atoms. The molecule has 1 aliphatic heterocycles. The molecule has 2 atom stereocenters. The normalized spacial score (nSPS) is 20.9. The maximum atomic E-state index is 12.8. The van der Waals surface area contributed by atoms with Crippen LogP contribution >= 0.6 is 0 Å². The van der Waals surface area contributed by atoms with Crippen molar-refractivity contribution in [2.24, 2.45) is 0 Å². The van der Waals surface area contributed by atoms with Gasteiger partial charge in [-0.15, -0.1) is 0 Å². The topological polar surface area (TPSA) is 62.2 Å². The molecular weight excluding hydrogens is 290 g/mol. The van der Waals surface area contributed by atoms with Crippen molar-refractivity contribution in [2.75, 3.05) is 20.6 Å². The van der Waals surface area contributed by atoms with Crippen molar-refractivity contribution in [3.8, 4) is 0 Å². The lowest BCUT2D eigenvalue weighted by atomic mass is 10.0. The summed E-state index contributed by atoms with van der Waals surface area (Å²) >= 11 is 0. The predicted molar refractivity (Wildman–Crippen MR) is 86.9 cm³/mol. The number of pyridine rings is 1. The minimum atomic E-state index is -0.0451.